The van der Waals surface area contributed by atoms with Gasteiger partial charge in [-0.25, -0.2) is 0 Å². The van der Waals surface area contributed by atoms with Crippen LogP contribution in [0.3, 0.4) is 0 Å². The van der Waals surface area contributed by atoms with Gasteiger partial charge in [-0.15, -0.1) is 0 Å². The molecule has 0 bridgehead atoms. The molecule has 1 aromatic rings. The average molecular weight is 280 g/mol. The fourth-order valence-electron chi connectivity index (χ4n) is 2.25. The van der Waals surface area contributed by atoms with Gasteiger partial charge in [0.2, 0.25) is 5.91 Å². The predicted molar refractivity (Wildman–Crippen MR) is 75.1 cm³/mol. The quantitative estimate of drug-likeness (QED) is 0.700. The van der Waals surface area contributed by atoms with Gasteiger partial charge in [-0.05, 0) is 18.7 Å². The number of ether oxygens (including phenoxy) is 2. The van der Waals surface area contributed by atoms with E-state index in [2.05, 4.69) is 10.6 Å². The van der Waals surface area contributed by atoms with E-state index in [4.69, 9.17) is 9.47 Å². The second-order valence-corrected chi connectivity index (χ2v) is 4.68. The Hall–Kier alpha value is -1.79. The van der Waals surface area contributed by atoms with Crippen LogP contribution in [-0.2, 0) is 9.53 Å². The minimum atomic E-state index is -0.253. The number of carbonyl (C=O) groups excluding carboxylic acids is 1. The molecule has 1 aliphatic rings. The molecular weight excluding hydrogens is 260 g/mol. The van der Waals surface area contributed by atoms with Crippen molar-refractivity contribution in [1.29, 1.82) is 0 Å². The second kappa shape index (κ2) is 6.58. The summed E-state index contributed by atoms with van der Waals surface area (Å²) in [4.78, 5) is 12.2. The molecule has 6 heteroatoms. The Kier molecular flexibility index (Phi) is 4.81. The van der Waals surface area contributed by atoms with Gasteiger partial charge in [-0.2, -0.15) is 0 Å². The molecule has 2 atom stereocenters. The van der Waals surface area contributed by atoms with Crippen molar-refractivity contribution < 1.29 is 19.4 Å². The summed E-state index contributed by atoms with van der Waals surface area (Å²) in [7, 11) is 1.52. The van der Waals surface area contributed by atoms with Crippen LogP contribution in [0.4, 0.5) is 5.69 Å². The molecule has 6 nitrogen and oxygen atoms in total. The molecule has 1 amide bonds. The van der Waals surface area contributed by atoms with Crippen molar-refractivity contribution in [1.82, 2.24) is 5.32 Å². The monoisotopic (exact) mass is 280 g/mol. The molecular formula is C14H20N2O4. The number of rotatable bonds is 5. The molecule has 1 fully saturated rings. The number of likely N-dealkylation sites (N-methyl/N-ethyl adjacent to an activating group) is 1. The molecule has 110 valence electrons. The Labute approximate surface area is 118 Å². The van der Waals surface area contributed by atoms with E-state index in [0.717, 1.165) is 6.54 Å². The number of hydrogen-bond donors (Lipinski definition) is 3. The summed E-state index contributed by atoms with van der Waals surface area (Å²) >= 11 is 0. The predicted octanol–water partition coefficient (Wildman–Crippen LogP) is 0.964. The third-order valence-corrected chi connectivity index (χ3v) is 3.35. The number of phenolic OH excluding ortho intramolecular Hbond substituents is 1. The maximum atomic E-state index is 12.2. The summed E-state index contributed by atoms with van der Waals surface area (Å²) < 4.78 is 10.3. The standard InChI is InChI=1S/C14H20N2O4/c1-3-15-12-8-20-7-10(12)14(18)16-11-5-4-9(19-2)6-13(11)17/h4-6,10,12,15,17H,3,7-8H2,1-2H3,(H,16,18). The zero-order valence-corrected chi connectivity index (χ0v) is 11.7. The molecule has 1 aliphatic heterocycles. The van der Waals surface area contributed by atoms with Crippen LogP contribution in [0.5, 0.6) is 11.5 Å². The van der Waals surface area contributed by atoms with Crippen LogP contribution in [0.25, 0.3) is 0 Å². The summed E-state index contributed by atoms with van der Waals surface area (Å²) in [6, 6.07) is 4.77. The summed E-state index contributed by atoms with van der Waals surface area (Å²) in [6.07, 6.45) is 0. The normalized spacial score (nSPS) is 21.7. The van der Waals surface area contributed by atoms with Crippen molar-refractivity contribution in [3.63, 3.8) is 0 Å². The molecule has 2 unspecified atom stereocenters. The third-order valence-electron chi connectivity index (χ3n) is 3.35. The SMILES string of the molecule is CCNC1COCC1C(=O)Nc1ccc(OC)cc1O. The molecule has 1 aromatic carbocycles. The Morgan fingerprint density at radius 3 is 2.95 bits per heavy atom. The van der Waals surface area contributed by atoms with E-state index in [1.54, 1.807) is 12.1 Å². The summed E-state index contributed by atoms with van der Waals surface area (Å²) in [5, 5.41) is 15.8. The van der Waals surface area contributed by atoms with Crippen LogP contribution in [-0.4, -0.2) is 43.9 Å². The number of phenols is 1. The second-order valence-electron chi connectivity index (χ2n) is 4.68. The van der Waals surface area contributed by atoms with Crippen molar-refractivity contribution >= 4 is 11.6 Å². The Bertz CT molecular complexity index is 478. The number of aromatic hydroxyl groups is 1. The maximum absolute atomic E-state index is 12.2. The summed E-state index contributed by atoms with van der Waals surface area (Å²) in [5.41, 5.74) is 0.373. The topological polar surface area (TPSA) is 79.8 Å². The van der Waals surface area contributed by atoms with Gasteiger partial charge < -0.3 is 25.2 Å². The van der Waals surface area contributed by atoms with E-state index in [1.165, 1.54) is 13.2 Å². The molecule has 3 N–H and O–H groups in total. The van der Waals surface area contributed by atoms with E-state index < -0.39 is 0 Å². The smallest absolute Gasteiger partial charge is 0.231 e. The van der Waals surface area contributed by atoms with Gasteiger partial charge in [0, 0.05) is 12.1 Å². The van der Waals surface area contributed by atoms with Gasteiger partial charge in [0.25, 0.3) is 0 Å². The molecule has 0 radical (unpaired) electrons. The number of nitrogens with one attached hydrogen (secondary N) is 2. The van der Waals surface area contributed by atoms with Gasteiger partial charge in [0.05, 0.1) is 31.9 Å². The van der Waals surface area contributed by atoms with Crippen molar-refractivity contribution in [3.05, 3.63) is 18.2 Å². The largest absolute Gasteiger partial charge is 0.506 e. The first kappa shape index (κ1) is 14.6. The number of benzene rings is 1. The lowest BCUT2D eigenvalue weighted by Gasteiger charge is -2.18. The average Bonchev–Trinajstić information content (AvgIpc) is 2.89. The molecule has 0 aromatic heterocycles. The highest BCUT2D eigenvalue weighted by Crippen LogP contribution is 2.28. The van der Waals surface area contributed by atoms with E-state index >= 15 is 0 Å². The van der Waals surface area contributed by atoms with Gasteiger partial charge >= 0.3 is 0 Å². The zero-order chi connectivity index (χ0) is 14.5. The van der Waals surface area contributed by atoms with Gasteiger partial charge in [0.1, 0.15) is 11.5 Å². The Morgan fingerprint density at radius 2 is 2.30 bits per heavy atom. The van der Waals surface area contributed by atoms with Crippen LogP contribution >= 0.6 is 0 Å². The number of carbonyl (C=O) groups is 1. The van der Waals surface area contributed by atoms with Crippen molar-refractivity contribution in [2.45, 2.75) is 13.0 Å². The number of hydrogen-bond acceptors (Lipinski definition) is 5. The highest BCUT2D eigenvalue weighted by molar-refractivity contribution is 5.94. The Morgan fingerprint density at radius 1 is 1.50 bits per heavy atom. The molecule has 20 heavy (non-hydrogen) atoms. The lowest BCUT2D eigenvalue weighted by molar-refractivity contribution is -0.120. The van der Waals surface area contributed by atoms with Crippen LogP contribution in [0.15, 0.2) is 18.2 Å². The fraction of sp³-hybridized carbons (Fsp3) is 0.500. The van der Waals surface area contributed by atoms with Crippen molar-refractivity contribution in [3.8, 4) is 11.5 Å². The first-order valence-electron chi connectivity index (χ1n) is 6.64. The van der Waals surface area contributed by atoms with Crippen LogP contribution in [0, 0.1) is 5.92 Å². The minimum Gasteiger partial charge on any atom is -0.506 e. The number of amides is 1. The van der Waals surface area contributed by atoms with Crippen LogP contribution < -0.4 is 15.4 Å². The molecule has 1 saturated heterocycles. The highest BCUT2D eigenvalue weighted by atomic mass is 16.5. The lowest BCUT2D eigenvalue weighted by Crippen LogP contribution is -2.41. The molecule has 2 rings (SSSR count). The number of anilines is 1. The Balaban J connectivity index is 2.04. The van der Waals surface area contributed by atoms with E-state index in [1.807, 2.05) is 6.92 Å². The van der Waals surface area contributed by atoms with Crippen molar-refractivity contribution in [2.75, 3.05) is 32.2 Å². The van der Waals surface area contributed by atoms with Crippen LogP contribution in [0.2, 0.25) is 0 Å². The van der Waals surface area contributed by atoms with E-state index in [0.29, 0.717) is 24.7 Å². The van der Waals surface area contributed by atoms with Crippen LogP contribution in [0.1, 0.15) is 6.92 Å². The zero-order valence-electron chi connectivity index (χ0n) is 11.7. The molecule has 1 heterocycles. The van der Waals surface area contributed by atoms with Crippen molar-refractivity contribution in [2.24, 2.45) is 5.92 Å². The lowest BCUT2D eigenvalue weighted by atomic mass is 10.0. The summed E-state index contributed by atoms with van der Waals surface area (Å²) in [6.45, 7) is 3.69. The first-order chi connectivity index (χ1) is 9.65. The third kappa shape index (κ3) is 3.20. The minimum absolute atomic E-state index is 0.0143. The summed E-state index contributed by atoms with van der Waals surface area (Å²) in [5.74, 6) is 0.109. The van der Waals surface area contributed by atoms with E-state index in [-0.39, 0.29) is 23.6 Å². The van der Waals surface area contributed by atoms with E-state index in [9.17, 15) is 9.90 Å². The van der Waals surface area contributed by atoms with Gasteiger partial charge in [-0.3, -0.25) is 4.79 Å². The fourth-order valence-corrected chi connectivity index (χ4v) is 2.25. The molecule has 0 spiro atoms. The molecule has 0 saturated carbocycles. The first-order valence-corrected chi connectivity index (χ1v) is 6.64. The van der Waals surface area contributed by atoms with Gasteiger partial charge in [-0.1, -0.05) is 6.92 Å². The highest BCUT2D eigenvalue weighted by Gasteiger charge is 2.33. The number of methoxy groups -OCH3 is 1. The molecule has 0 aliphatic carbocycles. The maximum Gasteiger partial charge on any atom is 0.231 e. The van der Waals surface area contributed by atoms with Gasteiger partial charge in [0.15, 0.2) is 0 Å².